The Morgan fingerprint density at radius 2 is 2.00 bits per heavy atom. The highest BCUT2D eigenvalue weighted by molar-refractivity contribution is 5.35. The molecule has 2 rings (SSSR count). The molecule has 0 unspecified atom stereocenters. The van der Waals surface area contributed by atoms with E-state index in [1.54, 1.807) is 18.3 Å². The zero-order valence-corrected chi connectivity index (χ0v) is 9.72. The first-order chi connectivity index (χ1) is 8.24. The normalized spacial score (nSPS) is 10.2. The summed E-state index contributed by atoms with van der Waals surface area (Å²) in [5, 5.41) is 20.2. The number of nitrogens with zero attached hydrogens (tertiary/aromatic N) is 2. The predicted molar refractivity (Wildman–Crippen MR) is 67.1 cm³/mol. The number of phenols is 1. The molecule has 0 atom stereocenters. The van der Waals surface area contributed by atoms with Gasteiger partial charge in [0, 0.05) is 6.54 Å². The Labute approximate surface area is 100 Å². The lowest BCUT2D eigenvalue weighted by atomic mass is 10.1. The molecule has 1 aromatic carbocycles. The molecule has 0 saturated heterocycles. The number of phenolic OH excluding ortho intramolecular Hbond substituents is 1. The van der Waals surface area contributed by atoms with E-state index in [0.29, 0.717) is 5.75 Å². The van der Waals surface area contributed by atoms with Crippen LogP contribution in [0.3, 0.4) is 0 Å². The van der Waals surface area contributed by atoms with Crippen LogP contribution in [0.25, 0.3) is 0 Å². The number of aryl methyl sites for hydroxylation is 1. The van der Waals surface area contributed by atoms with Crippen molar-refractivity contribution in [2.75, 3.05) is 11.9 Å². The number of nitrogens with one attached hydrogen (secondary N) is 1. The third kappa shape index (κ3) is 3.45. The zero-order chi connectivity index (χ0) is 12.1. The Hall–Kier alpha value is -2.10. The standard InChI is InChI=1S/C13H15N3O/c1-10-8-13(16-15-9-10)14-7-6-11-2-4-12(17)5-3-11/h2-5,8-9,17H,6-7H2,1H3,(H,14,16). The molecule has 17 heavy (non-hydrogen) atoms. The average molecular weight is 229 g/mol. The molecule has 0 saturated carbocycles. The molecule has 0 aliphatic heterocycles. The monoisotopic (exact) mass is 229 g/mol. The van der Waals surface area contributed by atoms with Gasteiger partial charge in [0.05, 0.1) is 6.20 Å². The molecule has 0 spiro atoms. The first-order valence-corrected chi connectivity index (χ1v) is 5.55. The van der Waals surface area contributed by atoms with Crippen molar-refractivity contribution >= 4 is 5.82 Å². The van der Waals surface area contributed by atoms with Gasteiger partial charge in [-0.2, -0.15) is 5.10 Å². The van der Waals surface area contributed by atoms with E-state index in [1.807, 2.05) is 25.1 Å². The Kier molecular flexibility index (Phi) is 3.55. The minimum Gasteiger partial charge on any atom is -0.508 e. The van der Waals surface area contributed by atoms with Gasteiger partial charge in [0.2, 0.25) is 0 Å². The number of aromatic hydroxyl groups is 1. The van der Waals surface area contributed by atoms with Crippen LogP contribution in [0.4, 0.5) is 5.82 Å². The molecule has 0 aliphatic rings. The Morgan fingerprint density at radius 3 is 2.71 bits per heavy atom. The molecule has 0 radical (unpaired) electrons. The Balaban J connectivity index is 1.85. The number of hydrogen-bond donors (Lipinski definition) is 2. The van der Waals surface area contributed by atoms with Crippen LogP contribution in [0.2, 0.25) is 0 Å². The lowest BCUT2D eigenvalue weighted by Crippen LogP contribution is -2.06. The molecule has 4 heteroatoms. The van der Waals surface area contributed by atoms with Crippen LogP contribution in [0, 0.1) is 6.92 Å². The van der Waals surface area contributed by atoms with Crippen LogP contribution in [0.1, 0.15) is 11.1 Å². The summed E-state index contributed by atoms with van der Waals surface area (Å²) >= 11 is 0. The minimum atomic E-state index is 0.297. The number of aromatic nitrogens is 2. The average Bonchev–Trinajstić information content (AvgIpc) is 2.32. The van der Waals surface area contributed by atoms with E-state index in [9.17, 15) is 0 Å². The van der Waals surface area contributed by atoms with Gasteiger partial charge in [0.15, 0.2) is 0 Å². The highest BCUT2D eigenvalue weighted by Gasteiger charge is 1.96. The van der Waals surface area contributed by atoms with Crippen molar-refractivity contribution in [2.24, 2.45) is 0 Å². The van der Waals surface area contributed by atoms with E-state index in [0.717, 1.165) is 24.3 Å². The highest BCUT2D eigenvalue weighted by Crippen LogP contribution is 2.10. The van der Waals surface area contributed by atoms with Gasteiger partial charge in [-0.3, -0.25) is 0 Å². The van der Waals surface area contributed by atoms with Crippen molar-refractivity contribution in [3.05, 3.63) is 47.7 Å². The lowest BCUT2D eigenvalue weighted by molar-refractivity contribution is 0.475. The van der Waals surface area contributed by atoms with Gasteiger partial charge >= 0.3 is 0 Å². The summed E-state index contributed by atoms with van der Waals surface area (Å²) in [7, 11) is 0. The summed E-state index contributed by atoms with van der Waals surface area (Å²) in [5.41, 5.74) is 2.27. The maximum atomic E-state index is 9.16. The minimum absolute atomic E-state index is 0.297. The van der Waals surface area contributed by atoms with E-state index in [-0.39, 0.29) is 0 Å². The van der Waals surface area contributed by atoms with Crippen molar-refractivity contribution in [3.63, 3.8) is 0 Å². The fraction of sp³-hybridized carbons (Fsp3) is 0.231. The summed E-state index contributed by atoms with van der Waals surface area (Å²) in [6.07, 6.45) is 2.61. The number of rotatable bonds is 4. The molecular formula is C13H15N3O. The number of benzene rings is 1. The molecule has 2 N–H and O–H groups in total. The maximum absolute atomic E-state index is 9.16. The molecule has 4 nitrogen and oxygen atoms in total. The summed E-state index contributed by atoms with van der Waals surface area (Å²) in [5.74, 6) is 1.09. The van der Waals surface area contributed by atoms with Crippen molar-refractivity contribution in [3.8, 4) is 5.75 Å². The van der Waals surface area contributed by atoms with Gasteiger partial charge in [-0.25, -0.2) is 0 Å². The van der Waals surface area contributed by atoms with E-state index in [1.165, 1.54) is 5.56 Å². The first kappa shape index (κ1) is 11.4. The summed E-state index contributed by atoms with van der Waals surface area (Å²) < 4.78 is 0. The topological polar surface area (TPSA) is 58.0 Å². The fourth-order valence-corrected chi connectivity index (χ4v) is 1.55. The number of hydrogen-bond acceptors (Lipinski definition) is 4. The molecule has 0 amide bonds. The Bertz CT molecular complexity index is 482. The van der Waals surface area contributed by atoms with Crippen molar-refractivity contribution in [2.45, 2.75) is 13.3 Å². The van der Waals surface area contributed by atoms with Gasteiger partial charge in [0.1, 0.15) is 11.6 Å². The van der Waals surface area contributed by atoms with E-state index in [2.05, 4.69) is 15.5 Å². The van der Waals surface area contributed by atoms with Crippen LogP contribution in [0.15, 0.2) is 36.5 Å². The molecule has 2 aromatic rings. The van der Waals surface area contributed by atoms with Gasteiger partial charge in [0.25, 0.3) is 0 Å². The lowest BCUT2D eigenvalue weighted by Gasteiger charge is -2.05. The van der Waals surface area contributed by atoms with E-state index < -0.39 is 0 Å². The quantitative estimate of drug-likeness (QED) is 0.843. The maximum Gasteiger partial charge on any atom is 0.148 e. The number of anilines is 1. The van der Waals surface area contributed by atoms with Crippen LogP contribution >= 0.6 is 0 Å². The van der Waals surface area contributed by atoms with Crippen LogP contribution < -0.4 is 5.32 Å². The van der Waals surface area contributed by atoms with Crippen molar-refractivity contribution in [1.29, 1.82) is 0 Å². The zero-order valence-electron chi connectivity index (χ0n) is 9.72. The smallest absolute Gasteiger partial charge is 0.148 e. The molecule has 0 fully saturated rings. The van der Waals surface area contributed by atoms with Crippen LogP contribution in [-0.2, 0) is 6.42 Å². The molecular weight excluding hydrogens is 214 g/mol. The van der Waals surface area contributed by atoms with E-state index >= 15 is 0 Å². The van der Waals surface area contributed by atoms with Gasteiger partial charge in [-0.05, 0) is 42.7 Å². The summed E-state index contributed by atoms with van der Waals surface area (Å²) in [4.78, 5) is 0. The molecule has 0 bridgehead atoms. The van der Waals surface area contributed by atoms with Gasteiger partial charge in [-0.1, -0.05) is 12.1 Å². The molecule has 88 valence electrons. The van der Waals surface area contributed by atoms with Gasteiger partial charge < -0.3 is 10.4 Å². The summed E-state index contributed by atoms with van der Waals surface area (Å²) in [6, 6.07) is 9.19. The first-order valence-electron chi connectivity index (χ1n) is 5.55. The second-order valence-corrected chi connectivity index (χ2v) is 3.96. The van der Waals surface area contributed by atoms with E-state index in [4.69, 9.17) is 5.11 Å². The molecule has 1 heterocycles. The molecule has 0 aliphatic carbocycles. The third-order valence-corrected chi connectivity index (χ3v) is 2.45. The SMILES string of the molecule is Cc1cnnc(NCCc2ccc(O)cc2)c1. The predicted octanol–water partition coefficient (Wildman–Crippen LogP) is 2.15. The van der Waals surface area contributed by atoms with Crippen molar-refractivity contribution in [1.82, 2.24) is 10.2 Å². The third-order valence-electron chi connectivity index (χ3n) is 2.45. The fourth-order valence-electron chi connectivity index (χ4n) is 1.55. The summed E-state index contributed by atoms with van der Waals surface area (Å²) in [6.45, 7) is 2.78. The second-order valence-electron chi connectivity index (χ2n) is 3.96. The van der Waals surface area contributed by atoms with Crippen LogP contribution in [-0.4, -0.2) is 21.8 Å². The molecule has 1 aromatic heterocycles. The van der Waals surface area contributed by atoms with Crippen LogP contribution in [0.5, 0.6) is 5.75 Å². The van der Waals surface area contributed by atoms with Gasteiger partial charge in [-0.15, -0.1) is 5.10 Å². The second kappa shape index (κ2) is 5.30. The van der Waals surface area contributed by atoms with Crippen molar-refractivity contribution < 1.29 is 5.11 Å². The largest absolute Gasteiger partial charge is 0.508 e. The Morgan fingerprint density at radius 1 is 1.24 bits per heavy atom. The highest BCUT2D eigenvalue weighted by atomic mass is 16.3.